The van der Waals surface area contributed by atoms with Crippen LogP contribution in [0.15, 0.2) is 73.1 Å². The molecule has 0 bridgehead atoms. The summed E-state index contributed by atoms with van der Waals surface area (Å²) in [5.74, 6) is -0.0343. The Kier molecular flexibility index (Phi) is 4.21. The number of benzene rings is 2. The summed E-state index contributed by atoms with van der Waals surface area (Å²) in [4.78, 5) is 0. The molecular weight excluding hydrogens is 308 g/mol. The summed E-state index contributed by atoms with van der Waals surface area (Å²) in [6.07, 6.45) is 3.84. The molecule has 1 aromatic heterocycles. The third-order valence-corrected chi connectivity index (χ3v) is 4.87. The van der Waals surface area contributed by atoms with Gasteiger partial charge in [-0.1, -0.05) is 30.3 Å². The van der Waals surface area contributed by atoms with Gasteiger partial charge in [0.2, 0.25) is 10.0 Å². The Hall–Kier alpha value is -2.53. The van der Waals surface area contributed by atoms with Crippen molar-refractivity contribution in [3.05, 3.63) is 84.2 Å². The van der Waals surface area contributed by atoms with Gasteiger partial charge in [-0.2, -0.15) is 0 Å². The van der Waals surface area contributed by atoms with Crippen molar-refractivity contribution in [2.75, 3.05) is 4.72 Å². The highest BCUT2D eigenvalue weighted by atomic mass is 32.2. The molecule has 4 nitrogen and oxygen atoms in total. The van der Waals surface area contributed by atoms with Crippen molar-refractivity contribution >= 4 is 15.7 Å². The lowest BCUT2D eigenvalue weighted by atomic mass is 10.1. The van der Waals surface area contributed by atoms with Gasteiger partial charge in [-0.25, -0.2) is 8.42 Å². The number of aryl methyl sites for hydroxylation is 1. The van der Waals surface area contributed by atoms with E-state index in [1.165, 1.54) is 0 Å². The Labute approximate surface area is 136 Å². The summed E-state index contributed by atoms with van der Waals surface area (Å²) < 4.78 is 29.4. The van der Waals surface area contributed by atoms with Crippen LogP contribution in [-0.4, -0.2) is 13.0 Å². The maximum Gasteiger partial charge on any atom is 0.236 e. The Morgan fingerprint density at radius 1 is 0.957 bits per heavy atom. The molecule has 3 rings (SSSR count). The summed E-state index contributed by atoms with van der Waals surface area (Å²) in [5, 5.41) is 0. The summed E-state index contributed by atoms with van der Waals surface area (Å²) in [7, 11) is -3.46. The fraction of sp³-hybridized carbons (Fsp3) is 0.111. The van der Waals surface area contributed by atoms with E-state index in [0.29, 0.717) is 5.69 Å². The van der Waals surface area contributed by atoms with E-state index >= 15 is 0 Å². The van der Waals surface area contributed by atoms with Crippen LogP contribution in [0.25, 0.3) is 5.69 Å². The van der Waals surface area contributed by atoms with Crippen molar-refractivity contribution in [3.8, 4) is 5.69 Å². The summed E-state index contributed by atoms with van der Waals surface area (Å²) >= 11 is 0. The van der Waals surface area contributed by atoms with Crippen molar-refractivity contribution in [1.29, 1.82) is 0 Å². The van der Waals surface area contributed by atoms with E-state index in [2.05, 4.69) is 4.72 Å². The number of aromatic nitrogens is 1. The van der Waals surface area contributed by atoms with Gasteiger partial charge in [-0.15, -0.1) is 0 Å². The average Bonchev–Trinajstić information content (AvgIpc) is 3.03. The molecule has 0 spiro atoms. The number of anilines is 1. The second kappa shape index (κ2) is 6.30. The highest BCUT2D eigenvalue weighted by Gasteiger charge is 2.13. The minimum Gasteiger partial charge on any atom is -0.324 e. The average molecular weight is 326 g/mol. The number of nitrogens with zero attached hydrogens (tertiary/aromatic N) is 1. The quantitative estimate of drug-likeness (QED) is 0.777. The Morgan fingerprint density at radius 3 is 2.43 bits per heavy atom. The first-order chi connectivity index (χ1) is 11.0. The number of sulfonamides is 1. The maximum absolute atomic E-state index is 12.4. The van der Waals surface area contributed by atoms with Crippen LogP contribution in [0.5, 0.6) is 0 Å². The maximum atomic E-state index is 12.4. The van der Waals surface area contributed by atoms with Crippen molar-refractivity contribution in [2.24, 2.45) is 0 Å². The van der Waals surface area contributed by atoms with Crippen LogP contribution in [0.1, 0.15) is 11.1 Å². The molecule has 0 aliphatic heterocycles. The van der Waals surface area contributed by atoms with E-state index in [4.69, 9.17) is 0 Å². The van der Waals surface area contributed by atoms with Crippen LogP contribution in [0.4, 0.5) is 5.69 Å². The first kappa shape index (κ1) is 15.4. The topological polar surface area (TPSA) is 51.1 Å². The molecule has 3 aromatic rings. The molecule has 0 aliphatic carbocycles. The lowest BCUT2D eigenvalue weighted by molar-refractivity contribution is 0.600. The molecule has 0 aliphatic rings. The van der Waals surface area contributed by atoms with E-state index in [9.17, 15) is 8.42 Å². The molecule has 5 heteroatoms. The highest BCUT2D eigenvalue weighted by Crippen LogP contribution is 2.18. The van der Waals surface area contributed by atoms with E-state index in [0.717, 1.165) is 16.8 Å². The van der Waals surface area contributed by atoms with Crippen LogP contribution < -0.4 is 4.72 Å². The van der Waals surface area contributed by atoms with Gasteiger partial charge in [0, 0.05) is 18.1 Å². The Morgan fingerprint density at radius 2 is 1.70 bits per heavy atom. The molecule has 1 heterocycles. The predicted octanol–water partition coefficient (Wildman–Crippen LogP) is 3.73. The van der Waals surface area contributed by atoms with Crippen LogP contribution in [0, 0.1) is 6.92 Å². The van der Waals surface area contributed by atoms with Gasteiger partial charge in [0.15, 0.2) is 0 Å². The molecular formula is C18H18N2O2S. The first-order valence-corrected chi connectivity index (χ1v) is 8.97. The van der Waals surface area contributed by atoms with E-state index in [1.54, 1.807) is 6.07 Å². The minimum absolute atomic E-state index is 0.0343. The van der Waals surface area contributed by atoms with Crippen LogP contribution in [0.2, 0.25) is 0 Å². The smallest absolute Gasteiger partial charge is 0.236 e. The van der Waals surface area contributed by atoms with Crippen LogP contribution in [0.3, 0.4) is 0 Å². The zero-order valence-corrected chi connectivity index (χ0v) is 13.6. The van der Waals surface area contributed by atoms with Gasteiger partial charge in [0.1, 0.15) is 0 Å². The molecule has 1 N–H and O–H groups in total. The number of rotatable bonds is 5. The highest BCUT2D eigenvalue weighted by molar-refractivity contribution is 7.91. The van der Waals surface area contributed by atoms with Crippen LogP contribution >= 0.6 is 0 Å². The van der Waals surface area contributed by atoms with Crippen LogP contribution in [-0.2, 0) is 15.8 Å². The molecule has 0 unspecified atom stereocenters. The zero-order valence-electron chi connectivity index (χ0n) is 12.8. The van der Waals surface area contributed by atoms with Gasteiger partial charge >= 0.3 is 0 Å². The molecule has 0 amide bonds. The van der Waals surface area contributed by atoms with Crippen molar-refractivity contribution in [1.82, 2.24) is 4.57 Å². The largest absolute Gasteiger partial charge is 0.324 e. The van der Waals surface area contributed by atoms with Crippen molar-refractivity contribution < 1.29 is 8.42 Å². The molecule has 0 saturated carbocycles. The SMILES string of the molecule is Cc1ccccc1CS(=O)(=O)Nc1cccc(-n2cccc2)c1. The fourth-order valence-electron chi connectivity index (χ4n) is 2.43. The number of hydrogen-bond donors (Lipinski definition) is 1. The second-order valence-electron chi connectivity index (χ2n) is 5.43. The minimum atomic E-state index is -3.46. The van der Waals surface area contributed by atoms with Gasteiger partial charge in [-0.3, -0.25) is 4.72 Å². The molecule has 23 heavy (non-hydrogen) atoms. The molecule has 0 saturated heterocycles. The normalized spacial score (nSPS) is 11.3. The predicted molar refractivity (Wildman–Crippen MR) is 93.2 cm³/mol. The van der Waals surface area contributed by atoms with Crippen molar-refractivity contribution in [2.45, 2.75) is 12.7 Å². The molecule has 0 fully saturated rings. The zero-order chi connectivity index (χ0) is 16.3. The van der Waals surface area contributed by atoms with E-state index in [1.807, 2.05) is 78.5 Å². The third-order valence-electron chi connectivity index (χ3n) is 3.63. The summed E-state index contributed by atoms with van der Waals surface area (Å²) in [5.41, 5.74) is 3.25. The Bertz CT molecular complexity index is 900. The number of hydrogen-bond acceptors (Lipinski definition) is 2. The molecule has 2 aromatic carbocycles. The first-order valence-electron chi connectivity index (χ1n) is 7.32. The lowest BCUT2D eigenvalue weighted by Crippen LogP contribution is -2.15. The lowest BCUT2D eigenvalue weighted by Gasteiger charge is -2.11. The summed E-state index contributed by atoms with van der Waals surface area (Å²) in [6, 6.07) is 18.7. The second-order valence-corrected chi connectivity index (χ2v) is 7.15. The van der Waals surface area contributed by atoms with E-state index in [-0.39, 0.29) is 5.75 Å². The van der Waals surface area contributed by atoms with Gasteiger partial charge < -0.3 is 4.57 Å². The molecule has 118 valence electrons. The fourth-order valence-corrected chi connectivity index (χ4v) is 3.72. The van der Waals surface area contributed by atoms with Gasteiger partial charge in [0.05, 0.1) is 11.4 Å². The van der Waals surface area contributed by atoms with Gasteiger partial charge in [-0.05, 0) is 48.4 Å². The van der Waals surface area contributed by atoms with E-state index < -0.39 is 10.0 Å². The van der Waals surface area contributed by atoms with Gasteiger partial charge in [0.25, 0.3) is 0 Å². The third kappa shape index (κ3) is 3.81. The molecule has 0 atom stereocenters. The monoisotopic (exact) mass is 326 g/mol. The van der Waals surface area contributed by atoms with Crippen molar-refractivity contribution in [3.63, 3.8) is 0 Å². The standard InChI is InChI=1S/C18H18N2O2S/c1-15-7-2-3-8-16(15)14-23(21,22)19-17-9-6-10-18(13-17)20-11-4-5-12-20/h2-13,19H,14H2,1H3. The number of nitrogens with one attached hydrogen (secondary N) is 1. The Balaban J connectivity index is 1.81. The summed E-state index contributed by atoms with van der Waals surface area (Å²) in [6.45, 7) is 1.91. The molecule has 0 radical (unpaired) electrons.